The third-order valence-electron chi connectivity index (χ3n) is 4.57. The molecule has 4 rings (SSSR count). The smallest absolute Gasteiger partial charge is 0.233 e. The SMILES string of the molecule is CC(C)c1noc(C2CN(C(=O)Cc3c[nH]c4ccccc34)C2)n1. The minimum absolute atomic E-state index is 0.139. The van der Waals surface area contributed by atoms with E-state index in [1.807, 2.05) is 49.2 Å². The topological polar surface area (TPSA) is 75.0 Å². The lowest BCUT2D eigenvalue weighted by Gasteiger charge is -2.37. The summed E-state index contributed by atoms with van der Waals surface area (Å²) >= 11 is 0. The molecule has 3 aromatic rings. The number of aromatic nitrogens is 3. The summed E-state index contributed by atoms with van der Waals surface area (Å²) in [6.07, 6.45) is 2.34. The number of carbonyl (C=O) groups is 1. The van der Waals surface area contributed by atoms with Gasteiger partial charge in [0.15, 0.2) is 5.82 Å². The number of benzene rings is 1. The monoisotopic (exact) mass is 324 g/mol. The quantitative estimate of drug-likeness (QED) is 0.801. The van der Waals surface area contributed by atoms with Gasteiger partial charge in [0, 0.05) is 36.1 Å². The van der Waals surface area contributed by atoms with E-state index in [1.165, 1.54) is 0 Å². The molecule has 1 aliphatic rings. The highest BCUT2D eigenvalue weighted by atomic mass is 16.5. The minimum atomic E-state index is 0.139. The van der Waals surface area contributed by atoms with Crippen LogP contribution in [0.2, 0.25) is 0 Å². The number of aromatic amines is 1. The molecule has 0 saturated carbocycles. The van der Waals surface area contributed by atoms with Gasteiger partial charge in [-0.1, -0.05) is 37.2 Å². The number of H-pyrrole nitrogens is 1. The molecular formula is C18H20N4O2. The fourth-order valence-corrected chi connectivity index (χ4v) is 3.04. The van der Waals surface area contributed by atoms with Crippen LogP contribution >= 0.6 is 0 Å². The number of amides is 1. The van der Waals surface area contributed by atoms with E-state index in [1.54, 1.807) is 0 Å². The second-order valence-electron chi connectivity index (χ2n) is 6.68. The number of hydrogen-bond acceptors (Lipinski definition) is 4. The Hall–Kier alpha value is -2.63. The molecule has 1 amide bonds. The highest BCUT2D eigenvalue weighted by Crippen LogP contribution is 2.28. The Balaban J connectivity index is 1.39. The van der Waals surface area contributed by atoms with Crippen molar-refractivity contribution in [3.8, 4) is 0 Å². The van der Waals surface area contributed by atoms with Crippen molar-refractivity contribution in [2.45, 2.75) is 32.1 Å². The molecule has 0 atom stereocenters. The summed E-state index contributed by atoms with van der Waals surface area (Å²) in [5.74, 6) is 1.93. The van der Waals surface area contributed by atoms with Gasteiger partial charge in [0.05, 0.1) is 12.3 Å². The van der Waals surface area contributed by atoms with Crippen molar-refractivity contribution in [3.05, 3.63) is 47.7 Å². The Morgan fingerprint density at radius 1 is 1.38 bits per heavy atom. The average Bonchev–Trinajstić information content (AvgIpc) is 3.14. The van der Waals surface area contributed by atoms with E-state index < -0.39 is 0 Å². The van der Waals surface area contributed by atoms with E-state index in [-0.39, 0.29) is 17.7 Å². The molecule has 1 fully saturated rings. The van der Waals surface area contributed by atoms with E-state index in [9.17, 15) is 4.79 Å². The van der Waals surface area contributed by atoms with Crippen molar-refractivity contribution in [1.29, 1.82) is 0 Å². The molecular weight excluding hydrogens is 304 g/mol. The third kappa shape index (κ3) is 2.58. The lowest BCUT2D eigenvalue weighted by Crippen LogP contribution is -2.49. The number of fused-ring (bicyclic) bond motifs is 1. The van der Waals surface area contributed by atoms with E-state index in [0.717, 1.165) is 22.3 Å². The molecule has 1 aliphatic heterocycles. The van der Waals surface area contributed by atoms with Gasteiger partial charge in [-0.3, -0.25) is 4.79 Å². The standard InChI is InChI=1S/C18H20N4O2/c1-11(2)17-20-18(24-21-17)13-9-22(10-13)16(23)7-12-8-19-15-6-4-3-5-14(12)15/h3-6,8,11,13,19H,7,9-10H2,1-2H3. The van der Waals surface area contributed by atoms with Gasteiger partial charge in [-0.25, -0.2) is 0 Å². The molecule has 124 valence electrons. The molecule has 0 aliphatic carbocycles. The van der Waals surface area contributed by atoms with E-state index in [0.29, 0.717) is 25.4 Å². The van der Waals surface area contributed by atoms with Crippen LogP contribution in [0.25, 0.3) is 10.9 Å². The van der Waals surface area contributed by atoms with Crippen LogP contribution in [0.4, 0.5) is 0 Å². The lowest BCUT2D eigenvalue weighted by atomic mass is 9.98. The summed E-state index contributed by atoms with van der Waals surface area (Å²) in [6, 6.07) is 8.04. The molecule has 0 bridgehead atoms. The third-order valence-corrected chi connectivity index (χ3v) is 4.57. The Morgan fingerprint density at radius 2 is 2.17 bits per heavy atom. The maximum Gasteiger partial charge on any atom is 0.233 e. The fraction of sp³-hybridized carbons (Fsp3) is 0.389. The van der Waals surface area contributed by atoms with Gasteiger partial charge in [-0.05, 0) is 11.6 Å². The van der Waals surface area contributed by atoms with Gasteiger partial charge in [0.2, 0.25) is 11.8 Å². The van der Waals surface area contributed by atoms with Crippen LogP contribution in [0.3, 0.4) is 0 Å². The number of rotatable bonds is 4. The molecule has 2 aromatic heterocycles. The number of para-hydroxylation sites is 1. The van der Waals surface area contributed by atoms with Crippen LogP contribution in [0.5, 0.6) is 0 Å². The summed E-state index contributed by atoms with van der Waals surface area (Å²) in [5, 5.41) is 5.10. The molecule has 0 spiro atoms. The normalized spacial score (nSPS) is 15.2. The molecule has 1 saturated heterocycles. The van der Waals surface area contributed by atoms with Gasteiger partial charge >= 0.3 is 0 Å². The Labute approximate surface area is 139 Å². The van der Waals surface area contributed by atoms with Crippen LogP contribution in [-0.4, -0.2) is 39.0 Å². The molecule has 1 N–H and O–H groups in total. The van der Waals surface area contributed by atoms with Crippen LogP contribution in [0.1, 0.15) is 43.0 Å². The molecule has 0 unspecified atom stereocenters. The number of nitrogens with one attached hydrogen (secondary N) is 1. The average molecular weight is 324 g/mol. The molecule has 24 heavy (non-hydrogen) atoms. The van der Waals surface area contributed by atoms with E-state index >= 15 is 0 Å². The van der Waals surface area contributed by atoms with Crippen LogP contribution in [0.15, 0.2) is 35.0 Å². The predicted octanol–water partition coefficient (Wildman–Crippen LogP) is 2.84. The predicted molar refractivity (Wildman–Crippen MR) is 89.7 cm³/mol. The molecule has 6 heteroatoms. The molecule has 6 nitrogen and oxygen atoms in total. The van der Waals surface area contributed by atoms with Crippen molar-refractivity contribution < 1.29 is 9.32 Å². The van der Waals surface area contributed by atoms with Crippen molar-refractivity contribution in [2.24, 2.45) is 0 Å². The Kier molecular flexibility index (Phi) is 3.59. The number of nitrogens with zero attached hydrogens (tertiary/aromatic N) is 3. The van der Waals surface area contributed by atoms with Gasteiger partial charge in [0.1, 0.15) is 0 Å². The van der Waals surface area contributed by atoms with Crippen molar-refractivity contribution in [3.63, 3.8) is 0 Å². The number of carbonyl (C=O) groups excluding carboxylic acids is 1. The molecule has 0 radical (unpaired) electrons. The zero-order valence-electron chi connectivity index (χ0n) is 13.8. The highest BCUT2D eigenvalue weighted by molar-refractivity contribution is 5.89. The summed E-state index contributed by atoms with van der Waals surface area (Å²) in [5.41, 5.74) is 2.10. The summed E-state index contributed by atoms with van der Waals surface area (Å²) in [7, 11) is 0. The van der Waals surface area contributed by atoms with Crippen LogP contribution in [0, 0.1) is 0 Å². The maximum atomic E-state index is 12.5. The van der Waals surface area contributed by atoms with Crippen molar-refractivity contribution in [2.75, 3.05) is 13.1 Å². The first-order chi connectivity index (χ1) is 11.6. The van der Waals surface area contributed by atoms with Crippen LogP contribution in [-0.2, 0) is 11.2 Å². The van der Waals surface area contributed by atoms with Gasteiger partial charge < -0.3 is 14.4 Å². The first-order valence-electron chi connectivity index (χ1n) is 8.28. The highest BCUT2D eigenvalue weighted by Gasteiger charge is 2.35. The first kappa shape index (κ1) is 14.9. The Bertz CT molecular complexity index is 874. The molecule has 3 heterocycles. The second kappa shape index (κ2) is 5.78. The first-order valence-corrected chi connectivity index (χ1v) is 8.28. The second-order valence-corrected chi connectivity index (χ2v) is 6.68. The van der Waals surface area contributed by atoms with Crippen molar-refractivity contribution in [1.82, 2.24) is 20.0 Å². The number of likely N-dealkylation sites (tertiary alicyclic amines) is 1. The largest absolute Gasteiger partial charge is 0.361 e. The van der Waals surface area contributed by atoms with E-state index in [2.05, 4.69) is 15.1 Å². The zero-order valence-corrected chi connectivity index (χ0v) is 13.8. The molecule has 1 aromatic carbocycles. The Morgan fingerprint density at radius 3 is 2.92 bits per heavy atom. The maximum absolute atomic E-state index is 12.5. The minimum Gasteiger partial charge on any atom is -0.361 e. The van der Waals surface area contributed by atoms with Gasteiger partial charge in [0.25, 0.3) is 0 Å². The zero-order chi connectivity index (χ0) is 16.7. The number of hydrogen-bond donors (Lipinski definition) is 1. The van der Waals surface area contributed by atoms with Crippen molar-refractivity contribution >= 4 is 16.8 Å². The van der Waals surface area contributed by atoms with Crippen LogP contribution < -0.4 is 0 Å². The summed E-state index contributed by atoms with van der Waals surface area (Å²) < 4.78 is 5.32. The lowest BCUT2D eigenvalue weighted by molar-refractivity contribution is -0.135. The summed E-state index contributed by atoms with van der Waals surface area (Å²) in [4.78, 5) is 22.0. The van der Waals surface area contributed by atoms with Gasteiger partial charge in [-0.2, -0.15) is 4.98 Å². The van der Waals surface area contributed by atoms with E-state index in [4.69, 9.17) is 4.52 Å². The van der Waals surface area contributed by atoms with Gasteiger partial charge in [-0.15, -0.1) is 0 Å². The fourth-order valence-electron chi connectivity index (χ4n) is 3.04. The summed E-state index contributed by atoms with van der Waals surface area (Å²) in [6.45, 7) is 5.38.